The molecule has 1 atom stereocenters. The van der Waals surface area contributed by atoms with Gasteiger partial charge in [0.2, 0.25) is 0 Å². The van der Waals surface area contributed by atoms with Gasteiger partial charge in [-0.05, 0) is 18.7 Å². The van der Waals surface area contributed by atoms with E-state index in [0.29, 0.717) is 5.69 Å². The van der Waals surface area contributed by atoms with E-state index >= 15 is 0 Å². The Morgan fingerprint density at radius 3 is 2.35 bits per heavy atom. The number of rotatable bonds is 4. The molecule has 0 aliphatic rings. The Morgan fingerprint density at radius 1 is 1.29 bits per heavy atom. The van der Waals surface area contributed by atoms with Gasteiger partial charge in [-0.1, -0.05) is 25.1 Å². The maximum atomic E-state index is 12.5. The molecule has 2 N–H and O–H groups in total. The molecule has 1 amide bonds. The van der Waals surface area contributed by atoms with Crippen LogP contribution in [0.3, 0.4) is 0 Å². The molecular weight excluding hydrogens is 233 g/mol. The van der Waals surface area contributed by atoms with Crippen LogP contribution in [0.1, 0.15) is 6.92 Å². The summed E-state index contributed by atoms with van der Waals surface area (Å²) in [4.78, 5) is 11.5. The molecule has 0 aliphatic carbocycles. The van der Waals surface area contributed by atoms with Crippen LogP contribution in [0, 0.1) is 0 Å². The molecule has 1 aromatic rings. The molecule has 17 heavy (non-hydrogen) atoms. The van der Waals surface area contributed by atoms with E-state index in [2.05, 4.69) is 10.6 Å². The maximum absolute atomic E-state index is 12.5. The number of hydrogen-bond donors (Lipinski definition) is 2. The molecule has 0 heterocycles. The van der Waals surface area contributed by atoms with Gasteiger partial charge in [-0.3, -0.25) is 10.1 Å². The molecule has 6 heteroatoms. The van der Waals surface area contributed by atoms with E-state index in [1.807, 2.05) is 0 Å². The molecule has 0 fully saturated rings. The zero-order valence-electron chi connectivity index (χ0n) is 9.21. The van der Waals surface area contributed by atoms with Gasteiger partial charge in [-0.15, -0.1) is 0 Å². The summed E-state index contributed by atoms with van der Waals surface area (Å²) in [6, 6.07) is 5.83. The molecule has 3 nitrogen and oxygen atoms in total. The van der Waals surface area contributed by atoms with Crippen LogP contribution in [0.5, 0.6) is 0 Å². The highest BCUT2D eigenvalue weighted by molar-refractivity contribution is 5.95. The Labute approximate surface area is 97.0 Å². The fraction of sp³-hybridized carbons (Fsp3) is 0.364. The van der Waals surface area contributed by atoms with Crippen molar-refractivity contribution in [3.63, 3.8) is 0 Å². The quantitative estimate of drug-likeness (QED) is 0.854. The lowest BCUT2D eigenvalue weighted by atomic mass is 10.2. The van der Waals surface area contributed by atoms with E-state index in [9.17, 15) is 18.0 Å². The first-order valence-electron chi connectivity index (χ1n) is 5.11. The highest BCUT2D eigenvalue weighted by Crippen LogP contribution is 2.21. The van der Waals surface area contributed by atoms with Crippen LogP contribution in [0.2, 0.25) is 0 Å². The summed E-state index contributed by atoms with van der Waals surface area (Å²) in [7, 11) is 0. The van der Waals surface area contributed by atoms with Gasteiger partial charge in [0.05, 0.1) is 0 Å². The van der Waals surface area contributed by atoms with Crippen molar-refractivity contribution in [3.05, 3.63) is 30.3 Å². The molecule has 1 aromatic carbocycles. The molecule has 0 saturated heterocycles. The Morgan fingerprint density at radius 2 is 1.88 bits per heavy atom. The second kappa shape index (κ2) is 5.67. The van der Waals surface area contributed by atoms with E-state index in [0.717, 1.165) is 0 Å². The number of halogens is 3. The third kappa shape index (κ3) is 4.07. The minimum atomic E-state index is -4.60. The predicted octanol–water partition coefficient (Wildman–Crippen LogP) is 2.17. The van der Waals surface area contributed by atoms with Gasteiger partial charge in [0.1, 0.15) is 0 Å². The summed E-state index contributed by atoms with van der Waals surface area (Å²) >= 11 is 0. The molecular formula is C11H13F3N2O. The molecule has 0 saturated carbocycles. The van der Waals surface area contributed by atoms with E-state index in [1.54, 1.807) is 18.2 Å². The van der Waals surface area contributed by atoms with Crippen LogP contribution < -0.4 is 10.6 Å². The van der Waals surface area contributed by atoms with Gasteiger partial charge in [0, 0.05) is 5.69 Å². The minimum Gasteiger partial charge on any atom is -0.324 e. The average Bonchev–Trinajstić information content (AvgIpc) is 2.25. The number of amides is 1. The average molecular weight is 246 g/mol. The lowest BCUT2D eigenvalue weighted by Crippen LogP contribution is -2.50. The normalized spacial score (nSPS) is 13.2. The van der Waals surface area contributed by atoms with E-state index < -0.39 is 18.1 Å². The molecule has 1 unspecified atom stereocenters. The number of carbonyl (C=O) groups excluding carboxylic acids is 1. The van der Waals surface area contributed by atoms with E-state index in [-0.39, 0.29) is 6.54 Å². The van der Waals surface area contributed by atoms with Gasteiger partial charge in [-0.25, -0.2) is 0 Å². The smallest absolute Gasteiger partial charge is 0.324 e. The van der Waals surface area contributed by atoms with Crippen LogP contribution in [0.25, 0.3) is 0 Å². The highest BCUT2D eigenvalue weighted by atomic mass is 19.4. The number of anilines is 1. The number of benzene rings is 1. The van der Waals surface area contributed by atoms with Crippen LogP contribution >= 0.6 is 0 Å². The summed E-state index contributed by atoms with van der Waals surface area (Å²) in [6.45, 7) is 1.57. The Balaban J connectivity index is 2.73. The number of nitrogens with one attached hydrogen (secondary N) is 2. The Hall–Kier alpha value is -1.56. The van der Waals surface area contributed by atoms with Gasteiger partial charge in [-0.2, -0.15) is 13.2 Å². The van der Waals surface area contributed by atoms with Crippen molar-refractivity contribution in [2.45, 2.75) is 19.1 Å². The number of carbonyl (C=O) groups is 1. The molecule has 0 spiro atoms. The summed E-state index contributed by atoms with van der Waals surface area (Å²) in [5.41, 5.74) is 0.338. The lowest BCUT2D eigenvalue weighted by Gasteiger charge is -2.20. The summed E-state index contributed by atoms with van der Waals surface area (Å²) in [6.07, 6.45) is -4.60. The minimum absolute atomic E-state index is 0.0619. The van der Waals surface area contributed by atoms with Crippen molar-refractivity contribution in [1.82, 2.24) is 5.32 Å². The third-order valence-corrected chi connectivity index (χ3v) is 2.04. The molecule has 94 valence electrons. The van der Waals surface area contributed by atoms with Crippen molar-refractivity contribution in [1.29, 1.82) is 0 Å². The second-order valence-electron chi connectivity index (χ2n) is 3.39. The first-order chi connectivity index (χ1) is 7.95. The highest BCUT2D eigenvalue weighted by Gasteiger charge is 2.44. The summed E-state index contributed by atoms with van der Waals surface area (Å²) in [5, 5.41) is 4.32. The molecule has 0 bridgehead atoms. The summed E-state index contributed by atoms with van der Waals surface area (Å²) in [5.74, 6) is -1.11. The molecule has 0 radical (unpaired) electrons. The van der Waals surface area contributed by atoms with Crippen molar-refractivity contribution in [2.24, 2.45) is 0 Å². The number of para-hydroxylation sites is 1. The zero-order chi connectivity index (χ0) is 12.9. The van der Waals surface area contributed by atoms with Gasteiger partial charge >= 0.3 is 6.18 Å². The van der Waals surface area contributed by atoms with Crippen molar-refractivity contribution in [3.8, 4) is 0 Å². The van der Waals surface area contributed by atoms with E-state index in [4.69, 9.17) is 0 Å². The third-order valence-electron chi connectivity index (χ3n) is 2.04. The fourth-order valence-electron chi connectivity index (χ4n) is 1.30. The van der Waals surface area contributed by atoms with Crippen molar-refractivity contribution < 1.29 is 18.0 Å². The number of alkyl halides is 3. The monoisotopic (exact) mass is 246 g/mol. The van der Waals surface area contributed by atoms with Crippen LogP contribution in [0.15, 0.2) is 30.3 Å². The first kappa shape index (κ1) is 13.5. The Kier molecular flexibility index (Phi) is 4.51. The fourth-order valence-corrected chi connectivity index (χ4v) is 1.30. The maximum Gasteiger partial charge on any atom is 0.412 e. The second-order valence-corrected chi connectivity index (χ2v) is 3.39. The number of hydrogen-bond acceptors (Lipinski definition) is 2. The van der Waals surface area contributed by atoms with Crippen molar-refractivity contribution in [2.75, 3.05) is 11.9 Å². The summed E-state index contributed by atoms with van der Waals surface area (Å²) < 4.78 is 37.6. The van der Waals surface area contributed by atoms with Crippen LogP contribution in [0.4, 0.5) is 18.9 Å². The van der Waals surface area contributed by atoms with E-state index in [1.165, 1.54) is 19.1 Å². The lowest BCUT2D eigenvalue weighted by molar-refractivity contribution is -0.165. The SMILES string of the molecule is CCNC(C(=O)Nc1ccccc1)C(F)(F)F. The first-order valence-corrected chi connectivity index (χ1v) is 5.11. The Bertz CT molecular complexity index is 365. The molecule has 0 aliphatic heterocycles. The van der Waals surface area contributed by atoms with Gasteiger partial charge in [0.25, 0.3) is 5.91 Å². The topological polar surface area (TPSA) is 41.1 Å². The van der Waals surface area contributed by atoms with Crippen LogP contribution in [-0.4, -0.2) is 24.7 Å². The molecule has 0 aromatic heterocycles. The van der Waals surface area contributed by atoms with Crippen LogP contribution in [-0.2, 0) is 4.79 Å². The predicted molar refractivity (Wildman–Crippen MR) is 58.6 cm³/mol. The number of likely N-dealkylation sites (N-methyl/N-ethyl adjacent to an activating group) is 1. The zero-order valence-corrected chi connectivity index (χ0v) is 9.21. The largest absolute Gasteiger partial charge is 0.412 e. The van der Waals surface area contributed by atoms with Gasteiger partial charge < -0.3 is 5.32 Å². The standard InChI is InChI=1S/C11H13F3N2O/c1-2-15-9(11(12,13)14)10(17)16-8-6-4-3-5-7-8/h3-7,9,15H,2H2,1H3,(H,16,17). The molecule has 1 rings (SSSR count). The van der Waals surface area contributed by atoms with Gasteiger partial charge in [0.15, 0.2) is 6.04 Å². The van der Waals surface area contributed by atoms with Crippen molar-refractivity contribution >= 4 is 11.6 Å².